The maximum Gasteiger partial charge on any atom is 0.265 e. The average molecular weight is 502 g/mol. The summed E-state index contributed by atoms with van der Waals surface area (Å²) in [5.74, 6) is 1.68. The number of para-hydroxylation sites is 1. The van der Waals surface area contributed by atoms with Crippen molar-refractivity contribution in [1.29, 1.82) is 0 Å². The molecule has 0 bridgehead atoms. The van der Waals surface area contributed by atoms with Gasteiger partial charge in [0.25, 0.3) is 5.56 Å². The number of methoxy groups -OCH3 is 3. The van der Waals surface area contributed by atoms with E-state index in [4.69, 9.17) is 14.2 Å². The van der Waals surface area contributed by atoms with Crippen molar-refractivity contribution in [2.75, 3.05) is 21.3 Å². The van der Waals surface area contributed by atoms with Crippen molar-refractivity contribution < 1.29 is 19.3 Å². The lowest BCUT2D eigenvalue weighted by atomic mass is 10.0. The number of rotatable bonds is 10. The Bertz CT molecular complexity index is 1410. The number of aryl methyl sites for hydroxylation is 1. The normalized spacial score (nSPS) is 10.8. The number of benzene rings is 2. The van der Waals surface area contributed by atoms with Gasteiger partial charge in [-0.15, -0.1) is 0 Å². The predicted molar refractivity (Wildman–Crippen MR) is 142 cm³/mol. The maximum atomic E-state index is 13.9. The van der Waals surface area contributed by atoms with E-state index in [2.05, 4.69) is 16.9 Å². The second-order valence-corrected chi connectivity index (χ2v) is 8.52. The van der Waals surface area contributed by atoms with Gasteiger partial charge in [-0.25, -0.2) is 4.98 Å². The Morgan fingerprint density at radius 2 is 1.62 bits per heavy atom. The molecule has 0 atom stereocenters. The molecule has 4 aromatic rings. The fourth-order valence-corrected chi connectivity index (χ4v) is 4.31. The number of unbranched alkanes of at least 4 members (excludes halogenated alkanes) is 1. The zero-order valence-corrected chi connectivity index (χ0v) is 21.5. The van der Waals surface area contributed by atoms with Crippen molar-refractivity contribution in [2.45, 2.75) is 32.6 Å². The number of pyridine rings is 1. The highest BCUT2D eigenvalue weighted by Crippen LogP contribution is 2.33. The van der Waals surface area contributed by atoms with Crippen LogP contribution in [0.3, 0.4) is 0 Å². The molecule has 0 aliphatic rings. The standard InChI is InChI=1S/C29H31N3O5/c1-5-6-12-25-31-27(33)22(29(34)32(25)26-23(35-2)10-7-11-24(26)36-3)18-19-13-15-20(16-14-19)21-9-8-17-30-28(21)37-4/h7-11,13-17,33H,5-6,12,18H2,1-4H3. The van der Waals surface area contributed by atoms with Crippen molar-refractivity contribution in [3.05, 3.63) is 88.1 Å². The van der Waals surface area contributed by atoms with Crippen LogP contribution in [0.5, 0.6) is 23.3 Å². The summed E-state index contributed by atoms with van der Waals surface area (Å²) in [6.45, 7) is 2.06. The number of ether oxygens (including phenoxy) is 3. The molecule has 37 heavy (non-hydrogen) atoms. The van der Waals surface area contributed by atoms with Gasteiger partial charge < -0.3 is 19.3 Å². The van der Waals surface area contributed by atoms with Crippen LogP contribution in [0.25, 0.3) is 16.8 Å². The van der Waals surface area contributed by atoms with E-state index in [1.807, 2.05) is 36.4 Å². The topological polar surface area (TPSA) is 95.7 Å². The van der Waals surface area contributed by atoms with Crippen LogP contribution >= 0.6 is 0 Å². The number of hydrogen-bond donors (Lipinski definition) is 1. The van der Waals surface area contributed by atoms with Crippen LogP contribution in [0.1, 0.15) is 36.7 Å². The summed E-state index contributed by atoms with van der Waals surface area (Å²) in [7, 11) is 4.67. The predicted octanol–water partition coefficient (Wildman–Crippen LogP) is 4.96. The van der Waals surface area contributed by atoms with E-state index in [0.717, 1.165) is 29.5 Å². The third-order valence-electron chi connectivity index (χ3n) is 6.21. The number of aromatic hydroxyl groups is 1. The molecule has 1 N–H and O–H groups in total. The molecular formula is C29H31N3O5. The molecule has 192 valence electrons. The van der Waals surface area contributed by atoms with Gasteiger partial charge in [-0.05, 0) is 41.8 Å². The lowest BCUT2D eigenvalue weighted by Crippen LogP contribution is -2.28. The molecule has 0 radical (unpaired) electrons. The van der Waals surface area contributed by atoms with Crippen molar-refractivity contribution >= 4 is 0 Å². The van der Waals surface area contributed by atoms with Gasteiger partial charge in [-0.2, -0.15) is 4.98 Å². The number of aromatic nitrogens is 3. The Morgan fingerprint density at radius 1 is 0.919 bits per heavy atom. The monoisotopic (exact) mass is 501 g/mol. The lowest BCUT2D eigenvalue weighted by molar-refractivity contribution is 0.387. The summed E-state index contributed by atoms with van der Waals surface area (Å²) >= 11 is 0. The first-order valence-electron chi connectivity index (χ1n) is 12.2. The van der Waals surface area contributed by atoms with Crippen molar-refractivity contribution in [3.63, 3.8) is 0 Å². The molecule has 2 aromatic heterocycles. The molecule has 0 aliphatic heterocycles. The van der Waals surface area contributed by atoms with Gasteiger partial charge >= 0.3 is 0 Å². The first-order chi connectivity index (χ1) is 18.0. The summed E-state index contributed by atoms with van der Waals surface area (Å²) in [5, 5.41) is 10.8. The molecule has 4 rings (SSSR count). The summed E-state index contributed by atoms with van der Waals surface area (Å²) in [5.41, 5.74) is 2.95. The molecule has 8 nitrogen and oxygen atoms in total. The molecule has 8 heteroatoms. The quantitative estimate of drug-likeness (QED) is 0.328. The fourth-order valence-electron chi connectivity index (χ4n) is 4.31. The van der Waals surface area contributed by atoms with Crippen LogP contribution in [-0.2, 0) is 12.8 Å². The summed E-state index contributed by atoms with van der Waals surface area (Å²) < 4.78 is 18.0. The minimum atomic E-state index is -0.362. The Morgan fingerprint density at radius 3 is 2.24 bits per heavy atom. The highest BCUT2D eigenvalue weighted by molar-refractivity contribution is 5.68. The van der Waals surface area contributed by atoms with E-state index in [-0.39, 0.29) is 23.4 Å². The second kappa shape index (κ2) is 11.6. The first-order valence-corrected chi connectivity index (χ1v) is 12.2. The zero-order chi connectivity index (χ0) is 26.4. The molecule has 2 aromatic carbocycles. The zero-order valence-electron chi connectivity index (χ0n) is 21.5. The highest BCUT2D eigenvalue weighted by atomic mass is 16.5. The van der Waals surface area contributed by atoms with E-state index in [0.29, 0.717) is 35.3 Å². The van der Waals surface area contributed by atoms with Gasteiger partial charge in [0, 0.05) is 24.6 Å². The SMILES string of the molecule is CCCCc1nc(O)c(Cc2ccc(-c3cccnc3OC)cc2)c(=O)n1-c1c(OC)cccc1OC. The first kappa shape index (κ1) is 25.8. The van der Waals surface area contributed by atoms with Gasteiger partial charge in [0.2, 0.25) is 11.8 Å². The minimum absolute atomic E-state index is 0.194. The van der Waals surface area contributed by atoms with E-state index in [1.54, 1.807) is 45.7 Å². The third kappa shape index (κ3) is 5.28. The Labute approximate surface area is 216 Å². The molecule has 0 amide bonds. The summed E-state index contributed by atoms with van der Waals surface area (Å²) in [4.78, 5) is 22.6. The molecular weight excluding hydrogens is 470 g/mol. The molecule has 0 spiro atoms. The van der Waals surface area contributed by atoms with E-state index in [9.17, 15) is 9.90 Å². The van der Waals surface area contributed by atoms with Crippen molar-refractivity contribution in [3.8, 4) is 40.1 Å². The van der Waals surface area contributed by atoms with Crippen LogP contribution < -0.4 is 19.8 Å². The highest BCUT2D eigenvalue weighted by Gasteiger charge is 2.23. The van der Waals surface area contributed by atoms with Crippen LogP contribution in [0.2, 0.25) is 0 Å². The molecule has 0 aliphatic carbocycles. The van der Waals surface area contributed by atoms with Gasteiger partial charge in [-0.3, -0.25) is 9.36 Å². The number of nitrogens with zero attached hydrogens (tertiary/aromatic N) is 3. The third-order valence-corrected chi connectivity index (χ3v) is 6.21. The van der Waals surface area contributed by atoms with E-state index < -0.39 is 0 Å². The average Bonchev–Trinajstić information content (AvgIpc) is 2.94. The van der Waals surface area contributed by atoms with Gasteiger partial charge in [0.15, 0.2) is 0 Å². The fraction of sp³-hybridized carbons (Fsp3) is 0.276. The minimum Gasteiger partial charge on any atom is -0.494 e. The van der Waals surface area contributed by atoms with Crippen LogP contribution in [0.4, 0.5) is 0 Å². The Kier molecular flexibility index (Phi) is 8.08. The van der Waals surface area contributed by atoms with Gasteiger partial charge in [0.1, 0.15) is 23.0 Å². The molecule has 0 saturated carbocycles. The van der Waals surface area contributed by atoms with E-state index >= 15 is 0 Å². The lowest BCUT2D eigenvalue weighted by Gasteiger charge is -2.19. The maximum absolute atomic E-state index is 13.9. The van der Waals surface area contributed by atoms with Gasteiger partial charge in [-0.1, -0.05) is 43.7 Å². The smallest absolute Gasteiger partial charge is 0.265 e. The molecule has 2 heterocycles. The second-order valence-electron chi connectivity index (χ2n) is 8.52. The van der Waals surface area contributed by atoms with Crippen molar-refractivity contribution in [2.24, 2.45) is 0 Å². The van der Waals surface area contributed by atoms with Crippen LogP contribution in [0, 0.1) is 0 Å². The molecule has 0 saturated heterocycles. The van der Waals surface area contributed by atoms with Crippen molar-refractivity contribution in [1.82, 2.24) is 14.5 Å². The largest absolute Gasteiger partial charge is 0.494 e. The Hall–Kier alpha value is -4.33. The summed E-state index contributed by atoms with van der Waals surface area (Å²) in [6.07, 6.45) is 4.12. The van der Waals surface area contributed by atoms with Crippen LogP contribution in [-0.4, -0.2) is 41.0 Å². The Balaban J connectivity index is 1.80. The number of hydrogen-bond acceptors (Lipinski definition) is 7. The molecule has 0 unspecified atom stereocenters. The van der Waals surface area contributed by atoms with Gasteiger partial charge in [0.05, 0.1) is 26.9 Å². The molecule has 0 fully saturated rings. The van der Waals surface area contributed by atoms with E-state index in [1.165, 1.54) is 4.57 Å². The summed E-state index contributed by atoms with van der Waals surface area (Å²) in [6, 6.07) is 16.8. The van der Waals surface area contributed by atoms with Crippen LogP contribution in [0.15, 0.2) is 65.6 Å².